The molecule has 0 radical (unpaired) electrons. The standard InChI is InChI=1S/C23H16F3N3O/c1-4-17-5-6-28-22-21(17)19(10-18(11-27)15(3)30)13-29(22)12-16-7-14(2)8-20(9-16)23(24,25)26/h1,5-10,13H,12H2,2-3H3/b18-10+. The Balaban J connectivity index is 2.20. The summed E-state index contributed by atoms with van der Waals surface area (Å²) in [6.45, 7) is 2.99. The normalized spacial score (nSPS) is 11.9. The molecule has 0 fully saturated rings. The Morgan fingerprint density at radius 1 is 1.33 bits per heavy atom. The maximum atomic E-state index is 13.2. The zero-order valence-electron chi connectivity index (χ0n) is 16.2. The molecule has 1 aromatic carbocycles. The summed E-state index contributed by atoms with van der Waals surface area (Å²) < 4.78 is 41.2. The van der Waals surface area contributed by atoms with Crippen molar-refractivity contribution in [3.05, 3.63) is 70.0 Å². The summed E-state index contributed by atoms with van der Waals surface area (Å²) in [6, 6.07) is 7.32. The largest absolute Gasteiger partial charge is 0.416 e. The molecule has 2 aromatic heterocycles. The fourth-order valence-electron chi connectivity index (χ4n) is 3.28. The van der Waals surface area contributed by atoms with Crippen LogP contribution in [0.3, 0.4) is 0 Å². The minimum atomic E-state index is -4.45. The van der Waals surface area contributed by atoms with Crippen LogP contribution in [-0.4, -0.2) is 15.3 Å². The number of nitrogens with zero attached hydrogens (tertiary/aromatic N) is 3. The van der Waals surface area contributed by atoms with Crippen molar-refractivity contribution in [2.24, 2.45) is 0 Å². The second kappa shape index (κ2) is 7.88. The van der Waals surface area contributed by atoms with E-state index in [9.17, 15) is 23.2 Å². The Kier molecular flexibility index (Phi) is 5.49. The number of halogens is 3. The molecule has 0 bridgehead atoms. The van der Waals surface area contributed by atoms with Crippen molar-refractivity contribution in [2.75, 3.05) is 0 Å². The van der Waals surface area contributed by atoms with Crippen molar-refractivity contribution in [3.63, 3.8) is 0 Å². The van der Waals surface area contributed by atoms with E-state index in [1.807, 2.05) is 6.07 Å². The average molecular weight is 407 g/mol. The minimum absolute atomic E-state index is 0.0595. The summed E-state index contributed by atoms with van der Waals surface area (Å²) in [7, 11) is 0. The zero-order valence-corrected chi connectivity index (χ0v) is 16.2. The molecule has 30 heavy (non-hydrogen) atoms. The molecule has 0 N–H and O–H groups in total. The highest BCUT2D eigenvalue weighted by Gasteiger charge is 2.31. The molecule has 4 nitrogen and oxygen atoms in total. The monoisotopic (exact) mass is 407 g/mol. The number of pyridine rings is 1. The van der Waals surface area contributed by atoms with E-state index in [1.54, 1.807) is 29.8 Å². The van der Waals surface area contributed by atoms with Gasteiger partial charge in [0.2, 0.25) is 0 Å². The Labute approximate surface area is 171 Å². The van der Waals surface area contributed by atoms with Crippen LogP contribution in [0.15, 0.2) is 42.2 Å². The highest BCUT2D eigenvalue weighted by Crippen LogP contribution is 2.32. The molecular formula is C23H16F3N3O. The highest BCUT2D eigenvalue weighted by molar-refractivity contribution is 6.04. The number of Topliss-reactive ketones (excluding diaryl/α,β-unsaturated/α-hetero) is 1. The number of nitriles is 1. The van der Waals surface area contributed by atoms with Crippen molar-refractivity contribution in [2.45, 2.75) is 26.6 Å². The summed E-state index contributed by atoms with van der Waals surface area (Å²) >= 11 is 0. The minimum Gasteiger partial charge on any atom is -0.327 e. The Bertz CT molecular complexity index is 1270. The van der Waals surface area contributed by atoms with Crippen LogP contribution in [0.25, 0.3) is 17.1 Å². The summed E-state index contributed by atoms with van der Waals surface area (Å²) in [4.78, 5) is 16.0. The van der Waals surface area contributed by atoms with E-state index in [2.05, 4.69) is 10.9 Å². The van der Waals surface area contributed by atoms with Gasteiger partial charge in [0.15, 0.2) is 5.78 Å². The smallest absolute Gasteiger partial charge is 0.327 e. The number of ketones is 1. The van der Waals surface area contributed by atoms with E-state index in [-0.39, 0.29) is 12.1 Å². The van der Waals surface area contributed by atoms with Gasteiger partial charge in [-0.1, -0.05) is 17.6 Å². The second-order valence-corrected chi connectivity index (χ2v) is 6.84. The molecule has 7 heteroatoms. The number of aromatic nitrogens is 2. The van der Waals surface area contributed by atoms with Gasteiger partial charge in [0.1, 0.15) is 11.7 Å². The number of hydrogen-bond acceptors (Lipinski definition) is 3. The number of alkyl halides is 3. The van der Waals surface area contributed by atoms with Crippen LogP contribution < -0.4 is 0 Å². The zero-order chi connectivity index (χ0) is 22.1. The first-order valence-corrected chi connectivity index (χ1v) is 8.89. The SMILES string of the molecule is C#Cc1ccnc2c1c(/C=C(\C#N)C(C)=O)cn2Cc1cc(C)cc(C(F)(F)F)c1. The summed E-state index contributed by atoms with van der Waals surface area (Å²) in [5.74, 6) is 2.14. The van der Waals surface area contributed by atoms with Gasteiger partial charge in [-0.15, -0.1) is 6.42 Å². The number of fused-ring (bicyclic) bond motifs is 1. The van der Waals surface area contributed by atoms with Crippen LogP contribution in [0.4, 0.5) is 13.2 Å². The van der Waals surface area contributed by atoms with Crippen LogP contribution in [-0.2, 0) is 17.5 Å². The van der Waals surface area contributed by atoms with E-state index < -0.39 is 17.5 Å². The third kappa shape index (κ3) is 4.11. The fourth-order valence-corrected chi connectivity index (χ4v) is 3.28. The van der Waals surface area contributed by atoms with Gasteiger partial charge in [-0.3, -0.25) is 4.79 Å². The van der Waals surface area contributed by atoms with Gasteiger partial charge in [-0.2, -0.15) is 18.4 Å². The molecule has 0 aliphatic carbocycles. The van der Waals surface area contributed by atoms with E-state index in [1.165, 1.54) is 19.2 Å². The first-order chi connectivity index (χ1) is 14.1. The molecule has 0 saturated carbocycles. The number of terminal acetylenes is 1. The molecule has 0 spiro atoms. The molecule has 3 rings (SSSR count). The van der Waals surface area contributed by atoms with Gasteiger partial charge >= 0.3 is 6.18 Å². The molecule has 2 heterocycles. The molecule has 3 aromatic rings. The van der Waals surface area contributed by atoms with Crippen LogP contribution in [0, 0.1) is 30.6 Å². The van der Waals surface area contributed by atoms with Crippen molar-refractivity contribution < 1.29 is 18.0 Å². The van der Waals surface area contributed by atoms with E-state index >= 15 is 0 Å². The van der Waals surface area contributed by atoms with Gasteiger partial charge in [-0.25, -0.2) is 4.98 Å². The first kappa shape index (κ1) is 20.9. The Morgan fingerprint density at radius 3 is 2.67 bits per heavy atom. The Morgan fingerprint density at radius 2 is 2.07 bits per heavy atom. The molecule has 0 atom stereocenters. The van der Waals surface area contributed by atoms with E-state index in [0.717, 1.165) is 12.1 Å². The highest BCUT2D eigenvalue weighted by atomic mass is 19.4. The fraction of sp³-hybridized carbons (Fsp3) is 0.174. The van der Waals surface area contributed by atoms with Crippen molar-refractivity contribution in [1.82, 2.24) is 9.55 Å². The lowest BCUT2D eigenvalue weighted by molar-refractivity contribution is -0.137. The first-order valence-electron chi connectivity index (χ1n) is 8.89. The van der Waals surface area contributed by atoms with Crippen molar-refractivity contribution in [1.29, 1.82) is 5.26 Å². The van der Waals surface area contributed by atoms with Gasteiger partial charge < -0.3 is 4.57 Å². The van der Waals surface area contributed by atoms with Gasteiger partial charge in [0.05, 0.1) is 11.1 Å². The van der Waals surface area contributed by atoms with Crippen LogP contribution >= 0.6 is 0 Å². The molecule has 0 saturated heterocycles. The molecule has 0 aliphatic rings. The predicted octanol–water partition coefficient (Wildman–Crippen LogP) is 4.89. The Hall–Kier alpha value is -3.84. The number of hydrogen-bond donors (Lipinski definition) is 0. The number of aryl methyl sites for hydroxylation is 1. The van der Waals surface area contributed by atoms with Crippen LogP contribution in [0.2, 0.25) is 0 Å². The second-order valence-electron chi connectivity index (χ2n) is 6.84. The van der Waals surface area contributed by atoms with Crippen molar-refractivity contribution >= 4 is 22.9 Å². The molecular weight excluding hydrogens is 391 g/mol. The number of allylic oxidation sites excluding steroid dienone is 1. The van der Waals surface area contributed by atoms with Crippen molar-refractivity contribution in [3.8, 4) is 18.4 Å². The molecule has 150 valence electrons. The maximum Gasteiger partial charge on any atom is 0.416 e. The lowest BCUT2D eigenvalue weighted by Crippen LogP contribution is -2.07. The van der Waals surface area contributed by atoms with E-state index in [4.69, 9.17) is 6.42 Å². The van der Waals surface area contributed by atoms with E-state index in [0.29, 0.717) is 33.3 Å². The third-order valence-electron chi connectivity index (χ3n) is 4.56. The molecule has 0 amide bonds. The maximum absolute atomic E-state index is 13.2. The predicted molar refractivity (Wildman–Crippen MR) is 107 cm³/mol. The number of carbonyl (C=O) groups is 1. The third-order valence-corrected chi connectivity index (χ3v) is 4.56. The lowest BCUT2D eigenvalue weighted by Gasteiger charge is -2.11. The topological polar surface area (TPSA) is 58.7 Å². The number of rotatable bonds is 4. The van der Waals surface area contributed by atoms with Gasteiger partial charge in [0.25, 0.3) is 0 Å². The van der Waals surface area contributed by atoms with Gasteiger partial charge in [0, 0.05) is 35.5 Å². The summed E-state index contributed by atoms with van der Waals surface area (Å²) in [6.07, 6.45) is 5.70. The summed E-state index contributed by atoms with van der Waals surface area (Å²) in [5, 5.41) is 9.78. The van der Waals surface area contributed by atoms with Gasteiger partial charge in [-0.05, 0) is 43.7 Å². The van der Waals surface area contributed by atoms with Crippen LogP contribution in [0.5, 0.6) is 0 Å². The quantitative estimate of drug-likeness (QED) is 0.352. The number of benzene rings is 1. The molecule has 0 aliphatic heterocycles. The van der Waals surface area contributed by atoms with Crippen LogP contribution in [0.1, 0.15) is 34.7 Å². The molecule has 0 unspecified atom stereocenters. The lowest BCUT2D eigenvalue weighted by atomic mass is 10.1. The number of carbonyl (C=O) groups excluding carboxylic acids is 1. The summed E-state index contributed by atoms with van der Waals surface area (Å²) in [5.41, 5.74) is 1.59. The average Bonchev–Trinajstić information content (AvgIpc) is 3.02.